The number of nitrogens with one attached hydrogen (secondary N) is 1. The zero-order chi connectivity index (χ0) is 8.55. The predicted octanol–water partition coefficient (Wildman–Crippen LogP) is 0.690. The van der Waals surface area contributed by atoms with E-state index in [9.17, 15) is 4.79 Å². The summed E-state index contributed by atoms with van der Waals surface area (Å²) in [4.78, 5) is 11.4. The molecule has 3 heteroatoms. The first-order valence-corrected chi connectivity index (χ1v) is 4.74. The van der Waals surface area contributed by atoms with Gasteiger partial charge < -0.3 is 10.1 Å². The van der Waals surface area contributed by atoms with Crippen molar-refractivity contribution in [3.05, 3.63) is 0 Å². The van der Waals surface area contributed by atoms with E-state index in [2.05, 4.69) is 5.32 Å². The molecule has 0 amide bonds. The van der Waals surface area contributed by atoms with Crippen molar-refractivity contribution in [1.29, 1.82) is 0 Å². The minimum absolute atomic E-state index is 0.00259. The molecule has 0 spiro atoms. The van der Waals surface area contributed by atoms with E-state index in [4.69, 9.17) is 4.74 Å². The summed E-state index contributed by atoms with van der Waals surface area (Å²) in [5, 5.41) is 3.42. The molecule has 2 rings (SSSR count). The van der Waals surface area contributed by atoms with Crippen molar-refractivity contribution in [3.63, 3.8) is 0 Å². The molecule has 0 aromatic carbocycles. The minimum atomic E-state index is -0.00259. The number of ether oxygens (including phenoxy) is 1. The first-order valence-electron chi connectivity index (χ1n) is 4.74. The summed E-state index contributed by atoms with van der Waals surface area (Å²) in [7, 11) is 0. The van der Waals surface area contributed by atoms with Gasteiger partial charge in [0.05, 0.1) is 12.5 Å². The fourth-order valence-electron chi connectivity index (χ4n) is 2.33. The van der Waals surface area contributed by atoms with Crippen molar-refractivity contribution >= 4 is 5.97 Å². The van der Waals surface area contributed by atoms with Gasteiger partial charge in [-0.3, -0.25) is 4.79 Å². The summed E-state index contributed by atoms with van der Waals surface area (Å²) in [5.41, 5.74) is 0. The van der Waals surface area contributed by atoms with Crippen molar-refractivity contribution < 1.29 is 9.53 Å². The van der Waals surface area contributed by atoms with Gasteiger partial charge in [0.2, 0.25) is 0 Å². The zero-order valence-corrected chi connectivity index (χ0v) is 7.38. The van der Waals surface area contributed by atoms with E-state index >= 15 is 0 Å². The number of fused-ring (bicyclic) bond motifs is 2. The average molecular weight is 169 g/mol. The summed E-state index contributed by atoms with van der Waals surface area (Å²) in [6, 6.07) is 0.999. The first kappa shape index (κ1) is 8.05. The van der Waals surface area contributed by atoms with Crippen molar-refractivity contribution in [1.82, 2.24) is 5.32 Å². The predicted molar refractivity (Wildman–Crippen MR) is 44.7 cm³/mol. The SMILES string of the molecule is CCOC(=O)[C@@H]1C[C@@H]2CC[C@@H]1N2. The zero-order valence-electron chi connectivity index (χ0n) is 7.38. The van der Waals surface area contributed by atoms with Gasteiger partial charge in [-0.2, -0.15) is 0 Å². The second-order valence-electron chi connectivity index (χ2n) is 3.64. The van der Waals surface area contributed by atoms with Crippen LogP contribution < -0.4 is 5.32 Å². The summed E-state index contributed by atoms with van der Waals surface area (Å²) in [5.74, 6) is 0.140. The molecule has 2 fully saturated rings. The van der Waals surface area contributed by atoms with E-state index in [1.54, 1.807) is 0 Å². The minimum Gasteiger partial charge on any atom is -0.466 e. The van der Waals surface area contributed by atoms with E-state index in [0.29, 0.717) is 18.7 Å². The Morgan fingerprint density at radius 3 is 2.92 bits per heavy atom. The molecule has 68 valence electrons. The lowest BCUT2D eigenvalue weighted by Gasteiger charge is -2.17. The number of carbonyl (C=O) groups excluding carboxylic acids is 1. The molecule has 0 saturated carbocycles. The van der Waals surface area contributed by atoms with Crippen molar-refractivity contribution in [2.75, 3.05) is 6.61 Å². The van der Waals surface area contributed by atoms with E-state index in [-0.39, 0.29) is 11.9 Å². The van der Waals surface area contributed by atoms with Crippen LogP contribution in [0.15, 0.2) is 0 Å². The van der Waals surface area contributed by atoms with Gasteiger partial charge in [0.1, 0.15) is 0 Å². The third-order valence-electron chi connectivity index (χ3n) is 2.89. The molecule has 0 aromatic rings. The van der Waals surface area contributed by atoms with Gasteiger partial charge in [-0.05, 0) is 26.2 Å². The van der Waals surface area contributed by atoms with Crippen molar-refractivity contribution in [3.8, 4) is 0 Å². The quantitative estimate of drug-likeness (QED) is 0.618. The maximum atomic E-state index is 11.4. The summed E-state index contributed by atoms with van der Waals surface area (Å²) in [6.45, 7) is 2.37. The van der Waals surface area contributed by atoms with Crippen molar-refractivity contribution in [2.45, 2.75) is 38.3 Å². The summed E-state index contributed by atoms with van der Waals surface area (Å²) < 4.78 is 5.00. The van der Waals surface area contributed by atoms with E-state index in [1.807, 2.05) is 6.92 Å². The van der Waals surface area contributed by atoms with E-state index < -0.39 is 0 Å². The van der Waals surface area contributed by atoms with Gasteiger partial charge in [-0.15, -0.1) is 0 Å². The molecule has 3 nitrogen and oxygen atoms in total. The highest BCUT2D eigenvalue weighted by atomic mass is 16.5. The molecular weight excluding hydrogens is 154 g/mol. The van der Waals surface area contributed by atoms with Gasteiger partial charge >= 0.3 is 5.97 Å². The molecule has 2 bridgehead atoms. The normalized spacial score (nSPS) is 38.6. The maximum Gasteiger partial charge on any atom is 0.310 e. The highest BCUT2D eigenvalue weighted by Gasteiger charge is 2.43. The molecule has 0 aliphatic carbocycles. The lowest BCUT2D eigenvalue weighted by Crippen LogP contribution is -2.30. The van der Waals surface area contributed by atoms with Gasteiger partial charge in [-0.1, -0.05) is 0 Å². The standard InChI is InChI=1S/C9H15NO2/c1-2-12-9(11)7-5-6-3-4-8(7)10-6/h6-8,10H,2-5H2,1H3/t6-,7+,8-/m0/s1. The Bertz CT molecular complexity index is 193. The fraction of sp³-hybridized carbons (Fsp3) is 0.889. The molecule has 2 saturated heterocycles. The van der Waals surface area contributed by atoms with Gasteiger partial charge in [-0.25, -0.2) is 0 Å². The smallest absolute Gasteiger partial charge is 0.310 e. The van der Waals surface area contributed by atoms with E-state index in [0.717, 1.165) is 12.8 Å². The third kappa shape index (κ3) is 1.22. The molecule has 2 heterocycles. The molecule has 1 N–H and O–H groups in total. The molecule has 0 radical (unpaired) electrons. The fourth-order valence-corrected chi connectivity index (χ4v) is 2.33. The molecule has 0 aromatic heterocycles. The van der Waals surface area contributed by atoms with Crippen LogP contribution in [0.1, 0.15) is 26.2 Å². The van der Waals surface area contributed by atoms with Crippen LogP contribution in [0.2, 0.25) is 0 Å². The number of carbonyl (C=O) groups is 1. The van der Waals surface area contributed by atoms with E-state index in [1.165, 1.54) is 6.42 Å². The Morgan fingerprint density at radius 2 is 2.42 bits per heavy atom. The highest BCUT2D eigenvalue weighted by molar-refractivity contribution is 5.74. The molecular formula is C9H15NO2. The number of hydrogen-bond acceptors (Lipinski definition) is 3. The molecule has 2 aliphatic heterocycles. The van der Waals surface area contributed by atoms with Gasteiger partial charge in [0, 0.05) is 12.1 Å². The maximum absolute atomic E-state index is 11.4. The summed E-state index contributed by atoms with van der Waals surface area (Å²) in [6.07, 6.45) is 3.37. The lowest BCUT2D eigenvalue weighted by molar-refractivity contribution is -0.148. The largest absolute Gasteiger partial charge is 0.466 e. The van der Waals surface area contributed by atoms with Crippen LogP contribution in [0.3, 0.4) is 0 Å². The second kappa shape index (κ2) is 3.05. The number of rotatable bonds is 2. The second-order valence-corrected chi connectivity index (χ2v) is 3.64. The Labute approximate surface area is 72.5 Å². The number of esters is 1. The Kier molecular flexibility index (Phi) is 2.05. The van der Waals surface area contributed by atoms with Crippen LogP contribution >= 0.6 is 0 Å². The van der Waals surface area contributed by atoms with Crippen LogP contribution in [-0.2, 0) is 9.53 Å². The average Bonchev–Trinajstić information content (AvgIpc) is 2.64. The first-order chi connectivity index (χ1) is 5.81. The Balaban J connectivity index is 1.93. The van der Waals surface area contributed by atoms with Crippen LogP contribution in [0.4, 0.5) is 0 Å². The lowest BCUT2D eigenvalue weighted by atomic mass is 9.89. The molecule has 0 unspecified atom stereocenters. The molecule has 2 aliphatic rings. The number of hydrogen-bond donors (Lipinski definition) is 1. The van der Waals surface area contributed by atoms with Crippen LogP contribution in [0.5, 0.6) is 0 Å². The molecule has 3 atom stereocenters. The van der Waals surface area contributed by atoms with Gasteiger partial charge in [0.25, 0.3) is 0 Å². The van der Waals surface area contributed by atoms with Crippen molar-refractivity contribution in [2.24, 2.45) is 5.92 Å². The highest BCUT2D eigenvalue weighted by Crippen LogP contribution is 2.33. The Hall–Kier alpha value is -0.570. The third-order valence-corrected chi connectivity index (χ3v) is 2.89. The summed E-state index contributed by atoms with van der Waals surface area (Å²) >= 11 is 0. The van der Waals surface area contributed by atoms with Gasteiger partial charge in [0.15, 0.2) is 0 Å². The monoisotopic (exact) mass is 169 g/mol. The topological polar surface area (TPSA) is 38.3 Å². The van der Waals surface area contributed by atoms with Crippen LogP contribution in [0, 0.1) is 5.92 Å². The van der Waals surface area contributed by atoms with Crippen LogP contribution in [-0.4, -0.2) is 24.7 Å². The Morgan fingerprint density at radius 1 is 1.58 bits per heavy atom. The molecule has 12 heavy (non-hydrogen) atoms. The van der Waals surface area contributed by atoms with Crippen LogP contribution in [0.25, 0.3) is 0 Å².